The molecule has 1 atom stereocenters. The molecule has 168 valence electrons. The Kier molecular flexibility index (Phi) is 5.99. The van der Waals surface area contributed by atoms with Gasteiger partial charge in [-0.2, -0.15) is 0 Å². The number of methoxy groups -OCH3 is 1. The third-order valence-electron chi connectivity index (χ3n) is 5.21. The normalized spacial score (nSPS) is 17.3. The number of amides is 1. The lowest BCUT2D eigenvalue weighted by Gasteiger charge is -2.23. The zero-order chi connectivity index (χ0) is 23.5. The first kappa shape index (κ1) is 21.9. The molecule has 1 aliphatic rings. The molecule has 2 heterocycles. The predicted octanol–water partition coefficient (Wildman–Crippen LogP) is 4.18. The third-order valence-corrected chi connectivity index (χ3v) is 5.21. The molecule has 1 N–H and O–H groups in total. The van der Waals surface area contributed by atoms with Crippen LogP contribution in [-0.4, -0.2) is 35.7 Å². The van der Waals surface area contributed by atoms with Crippen LogP contribution in [-0.2, 0) is 9.59 Å². The highest BCUT2D eigenvalue weighted by atomic mass is 16.5. The summed E-state index contributed by atoms with van der Waals surface area (Å²) in [5.41, 5.74) is 0.868. The largest absolute Gasteiger partial charge is 0.507 e. The number of hydrogen-bond donors (Lipinski definition) is 1. The van der Waals surface area contributed by atoms with Gasteiger partial charge in [-0.25, -0.2) is 0 Å². The molecule has 0 bridgehead atoms. The molecule has 1 aliphatic heterocycles. The minimum atomic E-state index is -0.941. The van der Waals surface area contributed by atoms with E-state index in [2.05, 4.69) is 11.7 Å². The third kappa shape index (κ3) is 4.10. The number of aromatic nitrogens is 1. The van der Waals surface area contributed by atoms with Gasteiger partial charge in [0.15, 0.2) is 5.82 Å². The Morgan fingerprint density at radius 3 is 2.58 bits per heavy atom. The summed E-state index contributed by atoms with van der Waals surface area (Å²) in [6.07, 6.45) is 1.61. The van der Waals surface area contributed by atoms with E-state index in [9.17, 15) is 14.7 Å². The molecule has 1 fully saturated rings. The predicted molar refractivity (Wildman–Crippen MR) is 121 cm³/mol. The van der Waals surface area contributed by atoms with Crippen molar-refractivity contribution >= 4 is 23.3 Å². The van der Waals surface area contributed by atoms with Gasteiger partial charge in [0.25, 0.3) is 5.78 Å². The van der Waals surface area contributed by atoms with Crippen LogP contribution in [0.1, 0.15) is 22.9 Å². The van der Waals surface area contributed by atoms with Crippen molar-refractivity contribution < 1.29 is 28.7 Å². The molecule has 0 unspecified atom stereocenters. The molecule has 0 radical (unpaired) electrons. The average molecular weight is 446 g/mol. The van der Waals surface area contributed by atoms with Crippen molar-refractivity contribution in [2.75, 3.05) is 18.6 Å². The molecule has 3 aromatic rings. The maximum absolute atomic E-state index is 13.1. The zero-order valence-corrected chi connectivity index (χ0v) is 18.1. The van der Waals surface area contributed by atoms with Gasteiger partial charge in [-0.3, -0.25) is 14.5 Å². The number of ether oxygens (including phenoxy) is 2. The summed E-state index contributed by atoms with van der Waals surface area (Å²) in [6, 6.07) is 14.1. The first-order chi connectivity index (χ1) is 15.9. The molecule has 1 amide bonds. The highest BCUT2D eigenvalue weighted by Crippen LogP contribution is 2.42. The zero-order valence-electron chi connectivity index (χ0n) is 18.1. The lowest BCUT2D eigenvalue weighted by atomic mass is 9.95. The van der Waals surface area contributed by atoms with Crippen LogP contribution in [0.15, 0.2) is 77.3 Å². The van der Waals surface area contributed by atoms with Crippen molar-refractivity contribution in [1.29, 1.82) is 0 Å². The van der Waals surface area contributed by atoms with E-state index in [1.807, 2.05) is 0 Å². The van der Waals surface area contributed by atoms with Crippen molar-refractivity contribution in [3.63, 3.8) is 0 Å². The summed E-state index contributed by atoms with van der Waals surface area (Å²) in [5, 5.41) is 15.1. The summed E-state index contributed by atoms with van der Waals surface area (Å²) in [5.74, 6) is -0.185. The van der Waals surface area contributed by atoms with E-state index in [0.717, 1.165) is 0 Å². The fourth-order valence-electron chi connectivity index (χ4n) is 3.68. The molecule has 0 aliphatic carbocycles. The van der Waals surface area contributed by atoms with E-state index < -0.39 is 17.7 Å². The highest BCUT2D eigenvalue weighted by Gasteiger charge is 2.48. The topological polar surface area (TPSA) is 102 Å². The Labute approximate surface area is 190 Å². The van der Waals surface area contributed by atoms with E-state index in [1.165, 1.54) is 12.0 Å². The molecule has 1 aromatic heterocycles. The lowest BCUT2D eigenvalue weighted by molar-refractivity contribution is -0.132. The van der Waals surface area contributed by atoms with Crippen LogP contribution in [0.4, 0.5) is 5.82 Å². The molecule has 2 aromatic carbocycles. The molecule has 0 saturated carbocycles. The van der Waals surface area contributed by atoms with Crippen LogP contribution in [0.5, 0.6) is 11.5 Å². The van der Waals surface area contributed by atoms with Gasteiger partial charge < -0.3 is 19.1 Å². The Hall–Kier alpha value is -4.33. The van der Waals surface area contributed by atoms with Crippen LogP contribution in [0.3, 0.4) is 0 Å². The Morgan fingerprint density at radius 1 is 1.18 bits per heavy atom. The SMILES string of the molecule is C=CCOc1cccc([C@H]2/C(=C(\O)c3ccc(OC)cc3)C(=O)C(=O)N2c2cc(C)on2)c1. The summed E-state index contributed by atoms with van der Waals surface area (Å²) in [7, 11) is 1.53. The maximum Gasteiger partial charge on any atom is 0.301 e. The number of anilines is 1. The van der Waals surface area contributed by atoms with Gasteiger partial charge in [0.2, 0.25) is 0 Å². The minimum absolute atomic E-state index is 0.0632. The first-order valence-corrected chi connectivity index (χ1v) is 10.2. The van der Waals surface area contributed by atoms with Gasteiger partial charge >= 0.3 is 5.91 Å². The Bertz CT molecular complexity index is 1240. The fourth-order valence-corrected chi connectivity index (χ4v) is 3.68. The average Bonchev–Trinajstić information content (AvgIpc) is 3.38. The number of carbonyl (C=O) groups is 2. The number of aliphatic hydroxyl groups excluding tert-OH is 1. The van der Waals surface area contributed by atoms with Gasteiger partial charge in [-0.15, -0.1) is 0 Å². The summed E-state index contributed by atoms with van der Waals surface area (Å²) >= 11 is 0. The van der Waals surface area contributed by atoms with E-state index in [4.69, 9.17) is 14.0 Å². The van der Waals surface area contributed by atoms with Crippen LogP contribution in [0.2, 0.25) is 0 Å². The molecular weight excluding hydrogens is 424 g/mol. The van der Waals surface area contributed by atoms with Gasteiger partial charge in [0.1, 0.15) is 29.6 Å². The van der Waals surface area contributed by atoms with Gasteiger partial charge in [-0.1, -0.05) is 29.9 Å². The van der Waals surface area contributed by atoms with E-state index in [-0.39, 0.29) is 23.8 Å². The van der Waals surface area contributed by atoms with E-state index in [1.54, 1.807) is 67.6 Å². The Morgan fingerprint density at radius 2 is 1.94 bits per heavy atom. The van der Waals surface area contributed by atoms with Crippen LogP contribution >= 0.6 is 0 Å². The maximum atomic E-state index is 13.1. The number of Topliss-reactive ketones (excluding diaryl/α,β-unsaturated/α-hetero) is 1. The molecule has 8 heteroatoms. The summed E-state index contributed by atoms with van der Waals surface area (Å²) < 4.78 is 15.9. The highest BCUT2D eigenvalue weighted by molar-refractivity contribution is 6.51. The minimum Gasteiger partial charge on any atom is -0.507 e. The molecule has 8 nitrogen and oxygen atoms in total. The number of ketones is 1. The second-order valence-corrected chi connectivity index (χ2v) is 7.37. The number of hydrogen-bond acceptors (Lipinski definition) is 7. The molecule has 1 saturated heterocycles. The van der Waals surface area contributed by atoms with Crippen molar-refractivity contribution in [3.8, 4) is 11.5 Å². The van der Waals surface area contributed by atoms with Gasteiger partial charge in [-0.05, 0) is 48.9 Å². The molecule has 0 spiro atoms. The number of benzene rings is 2. The number of aliphatic hydroxyl groups is 1. The van der Waals surface area contributed by atoms with Crippen LogP contribution in [0, 0.1) is 6.92 Å². The molecular formula is C25H22N2O6. The number of rotatable bonds is 7. The number of nitrogens with zero attached hydrogens (tertiary/aromatic N) is 2. The van der Waals surface area contributed by atoms with E-state index in [0.29, 0.717) is 28.4 Å². The van der Waals surface area contributed by atoms with E-state index >= 15 is 0 Å². The summed E-state index contributed by atoms with van der Waals surface area (Å²) in [6.45, 7) is 5.61. The monoisotopic (exact) mass is 446 g/mol. The second-order valence-electron chi connectivity index (χ2n) is 7.37. The molecule has 33 heavy (non-hydrogen) atoms. The molecule has 4 rings (SSSR count). The number of carbonyl (C=O) groups excluding carboxylic acids is 2. The van der Waals surface area contributed by atoms with Crippen molar-refractivity contribution in [1.82, 2.24) is 5.16 Å². The van der Waals surface area contributed by atoms with Crippen molar-refractivity contribution in [3.05, 3.63) is 89.7 Å². The quantitative estimate of drug-likeness (QED) is 0.251. The van der Waals surface area contributed by atoms with Crippen molar-refractivity contribution in [2.45, 2.75) is 13.0 Å². The van der Waals surface area contributed by atoms with Gasteiger partial charge in [0, 0.05) is 11.6 Å². The standard InChI is InChI=1S/C25H22N2O6/c1-4-12-32-19-7-5-6-17(14-19)22-21(23(28)16-8-10-18(31-3)11-9-16)24(29)25(30)27(22)20-13-15(2)33-26-20/h4-11,13-14,22,28H,1,12H2,2-3H3/b23-21+/t22-/m0/s1. The fraction of sp³-hybridized carbons (Fsp3) is 0.160. The van der Waals surface area contributed by atoms with Crippen LogP contribution in [0.25, 0.3) is 5.76 Å². The first-order valence-electron chi connectivity index (χ1n) is 10.2. The van der Waals surface area contributed by atoms with Gasteiger partial charge in [0.05, 0.1) is 18.7 Å². The number of aryl methyl sites for hydroxylation is 1. The second kappa shape index (κ2) is 9.04. The summed E-state index contributed by atoms with van der Waals surface area (Å²) in [4.78, 5) is 27.4. The lowest BCUT2D eigenvalue weighted by Crippen LogP contribution is -2.29. The van der Waals surface area contributed by atoms with Crippen LogP contribution < -0.4 is 14.4 Å². The smallest absolute Gasteiger partial charge is 0.301 e. The van der Waals surface area contributed by atoms with Crippen molar-refractivity contribution in [2.24, 2.45) is 0 Å². The Balaban J connectivity index is 1.89.